The number of fused-ring (bicyclic) bond motifs is 1. The summed E-state index contributed by atoms with van der Waals surface area (Å²) in [6.45, 7) is 2.07. The van der Waals surface area contributed by atoms with E-state index in [0.717, 1.165) is 27.6 Å². The molecule has 26 heavy (non-hydrogen) atoms. The zero-order valence-electron chi connectivity index (χ0n) is 14.3. The number of furan rings is 1. The maximum atomic E-state index is 12.0. The minimum atomic E-state index is -0.465. The Bertz CT molecular complexity index is 1070. The van der Waals surface area contributed by atoms with Crippen LogP contribution in [0.3, 0.4) is 0 Å². The first kappa shape index (κ1) is 16.1. The highest BCUT2D eigenvalue weighted by Gasteiger charge is 2.16. The largest absolute Gasteiger partial charge is 0.460 e. The summed E-state index contributed by atoms with van der Waals surface area (Å²) in [7, 11) is 0. The summed E-state index contributed by atoms with van der Waals surface area (Å²) in [5.41, 5.74) is 4.76. The van der Waals surface area contributed by atoms with E-state index in [9.17, 15) is 4.79 Å². The van der Waals surface area contributed by atoms with Gasteiger partial charge in [0.2, 0.25) is 5.76 Å². The molecule has 2 heterocycles. The number of pyridine rings is 1. The third kappa shape index (κ3) is 2.97. The molecule has 0 saturated carbocycles. The minimum absolute atomic E-state index is 0.190. The third-order valence-corrected chi connectivity index (χ3v) is 4.20. The summed E-state index contributed by atoms with van der Waals surface area (Å²) in [5.74, 6) is -0.275. The van der Waals surface area contributed by atoms with E-state index in [1.54, 1.807) is 25.4 Å². The standard InChI is InChI=1S/C22H17NO3/c1-2-25-22(24)20-12-18-19(13-23-14-21(18)26-20)17-10-6-9-16(11-17)15-7-4-3-5-8-15/h3-14H,2H2,1H3. The van der Waals surface area contributed by atoms with E-state index in [1.807, 2.05) is 30.3 Å². The fourth-order valence-corrected chi connectivity index (χ4v) is 2.99. The van der Waals surface area contributed by atoms with E-state index in [1.165, 1.54) is 0 Å². The van der Waals surface area contributed by atoms with E-state index in [0.29, 0.717) is 12.2 Å². The van der Waals surface area contributed by atoms with Gasteiger partial charge < -0.3 is 9.15 Å². The van der Waals surface area contributed by atoms with Gasteiger partial charge in [-0.05, 0) is 29.7 Å². The zero-order chi connectivity index (χ0) is 17.9. The van der Waals surface area contributed by atoms with Crippen LogP contribution in [0, 0.1) is 0 Å². The summed E-state index contributed by atoms with van der Waals surface area (Å²) in [6.07, 6.45) is 3.40. The second-order valence-electron chi connectivity index (χ2n) is 5.88. The van der Waals surface area contributed by atoms with Gasteiger partial charge in [-0.25, -0.2) is 4.79 Å². The lowest BCUT2D eigenvalue weighted by Gasteiger charge is -2.06. The van der Waals surface area contributed by atoms with Crippen LogP contribution in [0.1, 0.15) is 17.5 Å². The van der Waals surface area contributed by atoms with Crippen LogP contribution in [0.2, 0.25) is 0 Å². The average Bonchev–Trinajstić information content (AvgIpc) is 3.13. The highest BCUT2D eigenvalue weighted by molar-refractivity contribution is 5.99. The molecule has 0 radical (unpaired) electrons. The topological polar surface area (TPSA) is 52.3 Å². The van der Waals surface area contributed by atoms with E-state index in [4.69, 9.17) is 9.15 Å². The molecule has 0 aliphatic heterocycles. The van der Waals surface area contributed by atoms with Crippen molar-refractivity contribution in [3.8, 4) is 22.3 Å². The predicted octanol–water partition coefficient (Wildman–Crippen LogP) is 5.34. The molecule has 0 atom stereocenters. The smallest absolute Gasteiger partial charge is 0.374 e. The van der Waals surface area contributed by atoms with Crippen molar-refractivity contribution in [2.24, 2.45) is 0 Å². The highest BCUT2D eigenvalue weighted by Crippen LogP contribution is 2.32. The van der Waals surface area contributed by atoms with Crippen LogP contribution in [0.4, 0.5) is 0 Å². The van der Waals surface area contributed by atoms with Gasteiger partial charge in [-0.3, -0.25) is 4.98 Å². The molecule has 0 spiro atoms. The molecule has 128 valence electrons. The Morgan fingerprint density at radius 1 is 0.962 bits per heavy atom. The van der Waals surface area contributed by atoms with Gasteiger partial charge in [-0.2, -0.15) is 0 Å². The van der Waals surface area contributed by atoms with Crippen molar-refractivity contribution >= 4 is 16.9 Å². The SMILES string of the molecule is CCOC(=O)c1cc2c(-c3cccc(-c4ccccc4)c3)cncc2o1. The number of ether oxygens (including phenoxy) is 1. The Balaban J connectivity index is 1.81. The summed E-state index contributed by atoms with van der Waals surface area (Å²) < 4.78 is 10.6. The normalized spacial score (nSPS) is 10.8. The van der Waals surface area contributed by atoms with E-state index in [2.05, 4.69) is 29.2 Å². The number of nitrogens with zero attached hydrogens (tertiary/aromatic N) is 1. The summed E-state index contributed by atoms with van der Waals surface area (Å²) >= 11 is 0. The first-order valence-corrected chi connectivity index (χ1v) is 8.47. The predicted molar refractivity (Wildman–Crippen MR) is 101 cm³/mol. The number of hydrogen-bond acceptors (Lipinski definition) is 4. The summed E-state index contributed by atoms with van der Waals surface area (Å²) in [6, 6.07) is 20.2. The number of carbonyl (C=O) groups is 1. The monoisotopic (exact) mass is 343 g/mol. The molecule has 0 N–H and O–H groups in total. The van der Waals surface area contributed by atoms with Crippen LogP contribution >= 0.6 is 0 Å². The second-order valence-corrected chi connectivity index (χ2v) is 5.88. The van der Waals surface area contributed by atoms with Crippen molar-refractivity contribution in [2.45, 2.75) is 6.92 Å². The lowest BCUT2D eigenvalue weighted by atomic mass is 9.98. The molecular formula is C22H17NO3. The third-order valence-electron chi connectivity index (χ3n) is 4.20. The fraction of sp³-hybridized carbons (Fsp3) is 0.0909. The average molecular weight is 343 g/mol. The highest BCUT2D eigenvalue weighted by atomic mass is 16.5. The lowest BCUT2D eigenvalue weighted by Crippen LogP contribution is -2.02. The molecule has 4 rings (SSSR count). The molecule has 0 aliphatic carbocycles. The molecule has 0 bridgehead atoms. The Kier molecular flexibility index (Phi) is 4.23. The maximum absolute atomic E-state index is 12.0. The quantitative estimate of drug-likeness (QED) is 0.469. The van der Waals surface area contributed by atoms with Crippen molar-refractivity contribution in [2.75, 3.05) is 6.61 Å². The van der Waals surface area contributed by atoms with Crippen molar-refractivity contribution in [3.63, 3.8) is 0 Å². The van der Waals surface area contributed by atoms with E-state index < -0.39 is 5.97 Å². The van der Waals surface area contributed by atoms with Gasteiger partial charge in [-0.1, -0.05) is 48.5 Å². The lowest BCUT2D eigenvalue weighted by molar-refractivity contribution is 0.0492. The van der Waals surface area contributed by atoms with Crippen LogP contribution in [0.25, 0.3) is 33.2 Å². The Morgan fingerprint density at radius 2 is 1.73 bits per heavy atom. The van der Waals surface area contributed by atoms with Gasteiger partial charge in [0.05, 0.1) is 12.8 Å². The number of esters is 1. The van der Waals surface area contributed by atoms with E-state index in [-0.39, 0.29) is 5.76 Å². The molecule has 0 aliphatic rings. The van der Waals surface area contributed by atoms with Crippen molar-refractivity contribution < 1.29 is 13.9 Å². The molecule has 0 amide bonds. The number of carbonyl (C=O) groups excluding carboxylic acids is 1. The fourth-order valence-electron chi connectivity index (χ4n) is 2.99. The van der Waals surface area contributed by atoms with Crippen molar-refractivity contribution in [1.82, 2.24) is 4.98 Å². The molecule has 0 unspecified atom stereocenters. The van der Waals surface area contributed by atoms with Crippen LogP contribution in [-0.2, 0) is 4.74 Å². The molecule has 2 aromatic heterocycles. The van der Waals surface area contributed by atoms with Gasteiger partial charge in [0.15, 0.2) is 5.58 Å². The van der Waals surface area contributed by atoms with Crippen LogP contribution < -0.4 is 0 Å². The van der Waals surface area contributed by atoms with Gasteiger partial charge in [0, 0.05) is 23.2 Å². The maximum Gasteiger partial charge on any atom is 0.374 e. The van der Waals surface area contributed by atoms with Crippen molar-refractivity contribution in [3.05, 3.63) is 78.8 Å². The number of rotatable bonds is 4. The van der Waals surface area contributed by atoms with Crippen molar-refractivity contribution in [1.29, 1.82) is 0 Å². The van der Waals surface area contributed by atoms with E-state index >= 15 is 0 Å². The van der Waals surface area contributed by atoms with Gasteiger partial charge in [-0.15, -0.1) is 0 Å². The van der Waals surface area contributed by atoms with Gasteiger partial charge >= 0.3 is 5.97 Å². The molecular weight excluding hydrogens is 326 g/mol. The minimum Gasteiger partial charge on any atom is -0.460 e. The Hall–Kier alpha value is -3.40. The first-order valence-electron chi connectivity index (χ1n) is 8.47. The Morgan fingerprint density at radius 3 is 2.54 bits per heavy atom. The van der Waals surface area contributed by atoms with Crippen LogP contribution in [-0.4, -0.2) is 17.6 Å². The summed E-state index contributed by atoms with van der Waals surface area (Å²) in [5, 5.41) is 0.841. The number of benzene rings is 2. The van der Waals surface area contributed by atoms with Gasteiger partial charge in [0.1, 0.15) is 0 Å². The van der Waals surface area contributed by atoms with Crippen LogP contribution in [0.5, 0.6) is 0 Å². The molecule has 4 nitrogen and oxygen atoms in total. The Labute approximate surface area is 151 Å². The van der Waals surface area contributed by atoms with Gasteiger partial charge in [0.25, 0.3) is 0 Å². The number of hydrogen-bond donors (Lipinski definition) is 0. The first-order chi connectivity index (χ1) is 12.8. The zero-order valence-corrected chi connectivity index (χ0v) is 14.3. The molecule has 4 heteroatoms. The molecule has 2 aromatic carbocycles. The molecule has 0 fully saturated rings. The summed E-state index contributed by atoms with van der Waals surface area (Å²) in [4.78, 5) is 16.2. The molecule has 4 aromatic rings. The molecule has 0 saturated heterocycles. The van der Waals surface area contributed by atoms with Crippen LogP contribution in [0.15, 0.2) is 77.5 Å². The number of aromatic nitrogens is 1. The second kappa shape index (κ2) is 6.84.